The van der Waals surface area contributed by atoms with E-state index in [-0.39, 0.29) is 56.7 Å². The second-order valence-electron chi connectivity index (χ2n) is 7.00. The number of nitrogen functional groups attached to an aromatic ring is 3. The Balaban J connectivity index is 0.000000196. The number of rotatable bonds is 0. The minimum atomic E-state index is -0.353. The van der Waals surface area contributed by atoms with Crippen molar-refractivity contribution >= 4 is 50.9 Å². The van der Waals surface area contributed by atoms with Gasteiger partial charge in [0.1, 0.15) is 11.0 Å². The van der Waals surface area contributed by atoms with Crippen LogP contribution in [0.3, 0.4) is 0 Å². The zero-order valence-corrected chi connectivity index (χ0v) is 21.3. The summed E-state index contributed by atoms with van der Waals surface area (Å²) in [5.74, 6) is -0.152. The Morgan fingerprint density at radius 2 is 1.05 bits per heavy atom. The molecule has 3 heterocycles. The minimum Gasteiger partial charge on any atom is -0.739 e. The molecule has 0 atom stereocenters. The Labute approximate surface area is 229 Å². The molecule has 0 radical (unpaired) electrons. The fourth-order valence-electron chi connectivity index (χ4n) is 3.02. The van der Waals surface area contributed by atoms with Gasteiger partial charge in [-0.2, -0.15) is 0 Å². The summed E-state index contributed by atoms with van der Waals surface area (Å²) in [6.07, 6.45) is 0. The van der Waals surface area contributed by atoms with Gasteiger partial charge in [-0.05, 0) is 29.1 Å². The van der Waals surface area contributed by atoms with Gasteiger partial charge >= 0.3 is 5.95 Å². The summed E-state index contributed by atoms with van der Waals surface area (Å²) in [6, 6.07) is 20.7. The first-order valence-corrected chi connectivity index (χ1v) is 10.2. The third kappa shape index (κ3) is 6.57. The number of aromatic nitrogens is 9. The number of nitrogens with two attached hydrogens (primary N) is 3. The van der Waals surface area contributed by atoms with Crippen molar-refractivity contribution in [1.29, 1.82) is 0 Å². The number of hydrogen-bond donors (Lipinski definition) is 3. The molecule has 0 unspecified atom stereocenters. The number of benzene rings is 3. The van der Waals surface area contributed by atoms with E-state index in [1.165, 1.54) is 12.1 Å². The van der Waals surface area contributed by atoms with Crippen LogP contribution in [0.5, 0.6) is 0 Å². The van der Waals surface area contributed by atoms with E-state index in [0.29, 0.717) is 25.5 Å². The summed E-state index contributed by atoms with van der Waals surface area (Å²) >= 11 is 0. The van der Waals surface area contributed by atoms with E-state index in [2.05, 4.69) is 30.4 Å². The molecule has 0 spiro atoms. The molecule has 6 rings (SSSR count). The van der Waals surface area contributed by atoms with Crippen molar-refractivity contribution in [3.8, 4) is 0 Å². The van der Waals surface area contributed by atoms with Gasteiger partial charge < -0.3 is 34.5 Å². The molecule has 38 heavy (non-hydrogen) atoms. The van der Waals surface area contributed by atoms with Gasteiger partial charge in [0.15, 0.2) is 5.52 Å². The van der Waals surface area contributed by atoms with E-state index < -0.39 is 0 Å². The molecule has 3 aromatic heterocycles. The van der Waals surface area contributed by atoms with E-state index in [0.717, 1.165) is 11.0 Å². The maximum atomic E-state index is 11.3. The third-order valence-corrected chi connectivity index (χ3v) is 4.60. The summed E-state index contributed by atoms with van der Waals surface area (Å²) < 4.78 is 0.420. The topological polar surface area (TPSA) is 236 Å². The number of para-hydroxylation sites is 5. The summed E-state index contributed by atoms with van der Waals surface area (Å²) in [6.45, 7) is 0. The van der Waals surface area contributed by atoms with E-state index in [4.69, 9.17) is 17.2 Å². The molecule has 6 aromatic rings. The molecule has 6 N–H and O–H groups in total. The molecule has 0 amide bonds. The molecule has 0 aliphatic carbocycles. The SMILES string of the molecule is Nc1n[n+]([O-])c2ccccc2[n+]1[O-].Nc1nc2ccccc2[n+]([O-])n1.Nc1nnc2ccccc2n1.[CH3-].[Pd]. The third-order valence-electron chi connectivity index (χ3n) is 4.60. The fraction of sp³-hybridized carbons (Fsp3) is 0. The van der Waals surface area contributed by atoms with Gasteiger partial charge in [0.25, 0.3) is 17.0 Å². The first-order valence-electron chi connectivity index (χ1n) is 10.2. The van der Waals surface area contributed by atoms with Crippen LogP contribution in [0.2, 0.25) is 0 Å². The summed E-state index contributed by atoms with van der Waals surface area (Å²) in [7, 11) is 0. The van der Waals surface area contributed by atoms with Crippen LogP contribution in [0.1, 0.15) is 0 Å². The first-order chi connectivity index (χ1) is 17.3. The van der Waals surface area contributed by atoms with Crippen molar-refractivity contribution in [2.75, 3.05) is 17.2 Å². The molecular weight excluding hydrogens is 587 g/mol. The molecule has 0 saturated carbocycles. The minimum absolute atomic E-state index is 0. The van der Waals surface area contributed by atoms with E-state index in [9.17, 15) is 15.6 Å². The Morgan fingerprint density at radius 3 is 1.74 bits per heavy atom. The van der Waals surface area contributed by atoms with E-state index in [1.54, 1.807) is 36.4 Å². The zero-order valence-electron chi connectivity index (χ0n) is 19.7. The quantitative estimate of drug-likeness (QED) is 0.0894. The van der Waals surface area contributed by atoms with Crippen LogP contribution in [0.4, 0.5) is 17.8 Å². The van der Waals surface area contributed by atoms with Gasteiger partial charge in [0, 0.05) is 37.4 Å². The molecular formula is C22H21N12O3Pd-. The average molecular weight is 608 g/mol. The van der Waals surface area contributed by atoms with Crippen molar-refractivity contribution in [2.24, 2.45) is 0 Å². The largest absolute Gasteiger partial charge is 0.739 e. The Bertz CT molecular complexity index is 1690. The fourth-order valence-corrected chi connectivity index (χ4v) is 3.02. The average Bonchev–Trinajstić information content (AvgIpc) is 2.88. The van der Waals surface area contributed by atoms with Crippen molar-refractivity contribution < 1.29 is 34.8 Å². The summed E-state index contributed by atoms with van der Waals surface area (Å²) in [4.78, 5) is 8.66. The second-order valence-corrected chi connectivity index (χ2v) is 7.00. The first kappa shape index (κ1) is 29.2. The van der Waals surface area contributed by atoms with Crippen LogP contribution in [0, 0.1) is 23.0 Å². The van der Waals surface area contributed by atoms with Gasteiger partial charge in [0.2, 0.25) is 11.0 Å². The number of hydrogen-bond acceptors (Lipinski definition) is 12. The molecule has 0 saturated heterocycles. The molecule has 198 valence electrons. The molecule has 0 bridgehead atoms. The zero-order chi connectivity index (χ0) is 25.7. The van der Waals surface area contributed by atoms with Crippen molar-refractivity contribution in [1.82, 2.24) is 30.4 Å². The maximum absolute atomic E-state index is 11.3. The summed E-state index contributed by atoms with van der Waals surface area (Å²) in [5.41, 5.74) is 18.8. The Kier molecular flexibility index (Phi) is 9.79. The van der Waals surface area contributed by atoms with E-state index >= 15 is 0 Å². The second kappa shape index (κ2) is 12.8. The molecule has 0 fully saturated rings. The molecule has 3 aromatic carbocycles. The smallest absolute Gasteiger partial charge is 0.458 e. The molecule has 0 aliphatic heterocycles. The predicted octanol–water partition coefficient (Wildman–Crippen LogP) is -0.0160. The van der Waals surface area contributed by atoms with Gasteiger partial charge in [-0.25, -0.2) is 14.7 Å². The van der Waals surface area contributed by atoms with Crippen LogP contribution in [0.25, 0.3) is 33.1 Å². The predicted molar refractivity (Wildman–Crippen MR) is 135 cm³/mol. The number of anilines is 3. The van der Waals surface area contributed by atoms with Gasteiger partial charge in [-0.15, -0.1) is 10.2 Å². The number of nitrogens with zero attached hydrogens (tertiary/aromatic N) is 9. The van der Waals surface area contributed by atoms with Crippen LogP contribution in [0.15, 0.2) is 72.8 Å². The monoisotopic (exact) mass is 607 g/mol. The normalized spacial score (nSPS) is 9.79. The Hall–Kier alpha value is -5.07. The van der Waals surface area contributed by atoms with Crippen molar-refractivity contribution in [3.63, 3.8) is 0 Å². The van der Waals surface area contributed by atoms with Crippen molar-refractivity contribution in [3.05, 3.63) is 95.8 Å². The molecule has 0 aliphatic rings. The maximum Gasteiger partial charge on any atom is 0.458 e. The van der Waals surface area contributed by atoms with E-state index in [1.807, 2.05) is 24.3 Å². The van der Waals surface area contributed by atoms with Gasteiger partial charge in [0.05, 0.1) is 10.6 Å². The molecule has 15 nitrogen and oxygen atoms in total. The molecule has 16 heteroatoms. The van der Waals surface area contributed by atoms with Gasteiger partial charge in [-0.3, -0.25) is 5.73 Å². The van der Waals surface area contributed by atoms with Gasteiger partial charge in [-0.1, -0.05) is 36.4 Å². The van der Waals surface area contributed by atoms with Crippen LogP contribution >= 0.6 is 0 Å². The standard InChI is InChI=1S/C7H6N4O2.C7H6N4O.C7H6N4.CH3.Pd/c8-7-9-11(13)6-4-2-1-3-5(6)10(7)12;8-7-9-5-3-1-2-4-6(5)11(12)10-7;8-7-9-5-3-1-2-4-6(5)10-11-7;;/h1-4H,(H2,8,9);1-4H,(H2,8,9,10);1-4H,(H2,8,9,11);1H3;/q;;;-1;. The Morgan fingerprint density at radius 1 is 0.553 bits per heavy atom. The van der Waals surface area contributed by atoms with Crippen molar-refractivity contribution in [2.45, 2.75) is 0 Å². The summed E-state index contributed by atoms with van der Waals surface area (Å²) in [5, 5.41) is 47.7. The van der Waals surface area contributed by atoms with Crippen LogP contribution in [-0.4, -0.2) is 30.4 Å². The number of fused-ring (bicyclic) bond motifs is 3. The van der Waals surface area contributed by atoms with Crippen LogP contribution < -0.4 is 31.6 Å². The van der Waals surface area contributed by atoms with Crippen LogP contribution in [-0.2, 0) is 20.4 Å².